The number of hydrogen-bond donors (Lipinski definition) is 0. The van der Waals surface area contributed by atoms with E-state index in [1.807, 2.05) is 72.8 Å². The topological polar surface area (TPSA) is 65.0 Å². The Bertz CT molecular complexity index is 2470. The van der Waals surface area contributed by atoms with Crippen molar-refractivity contribution >= 4 is 54.6 Å². The summed E-state index contributed by atoms with van der Waals surface area (Å²) in [4.78, 5) is 14.8. The minimum atomic E-state index is 0.580. The molecule has 0 spiro atoms. The zero-order valence-corrected chi connectivity index (χ0v) is 22.3. The smallest absolute Gasteiger partial charge is 0.164 e. The Morgan fingerprint density at radius 2 is 0.833 bits per heavy atom. The molecule has 0 radical (unpaired) electrons. The van der Waals surface area contributed by atoms with Gasteiger partial charge in [-0.1, -0.05) is 84.9 Å². The third-order valence-electron chi connectivity index (χ3n) is 7.90. The lowest BCUT2D eigenvalue weighted by Gasteiger charge is -2.08. The first kappa shape index (κ1) is 22.9. The van der Waals surface area contributed by atoms with Crippen LogP contribution in [-0.4, -0.2) is 15.0 Å². The summed E-state index contributed by atoms with van der Waals surface area (Å²) in [6.07, 6.45) is 0. The van der Waals surface area contributed by atoms with Gasteiger partial charge in [0, 0.05) is 38.2 Å². The van der Waals surface area contributed by atoms with Crippen LogP contribution in [0.4, 0.5) is 0 Å². The first-order valence-electron chi connectivity index (χ1n) is 13.9. The van der Waals surface area contributed by atoms with E-state index in [-0.39, 0.29) is 0 Å². The number of rotatable bonds is 3. The van der Waals surface area contributed by atoms with Gasteiger partial charge < -0.3 is 8.83 Å². The molecule has 9 rings (SSSR count). The molecule has 196 valence electrons. The molecule has 0 fully saturated rings. The van der Waals surface area contributed by atoms with Crippen molar-refractivity contribution in [3.8, 4) is 34.2 Å². The van der Waals surface area contributed by atoms with Gasteiger partial charge >= 0.3 is 0 Å². The van der Waals surface area contributed by atoms with Gasteiger partial charge in [-0.05, 0) is 53.2 Å². The molecule has 0 saturated carbocycles. The van der Waals surface area contributed by atoms with E-state index in [9.17, 15) is 0 Å². The lowest BCUT2D eigenvalue weighted by atomic mass is 10.1. The number of furan rings is 2. The van der Waals surface area contributed by atoms with Gasteiger partial charge in [0.15, 0.2) is 17.5 Å². The second-order valence-electron chi connectivity index (χ2n) is 10.5. The lowest BCUT2D eigenvalue weighted by Crippen LogP contribution is -2.00. The molecule has 0 saturated heterocycles. The van der Waals surface area contributed by atoms with Gasteiger partial charge in [-0.2, -0.15) is 0 Å². The maximum atomic E-state index is 6.35. The first-order chi connectivity index (χ1) is 20.8. The van der Waals surface area contributed by atoms with Crippen LogP contribution >= 0.6 is 0 Å². The number of aromatic nitrogens is 3. The Hall–Kier alpha value is -5.81. The van der Waals surface area contributed by atoms with E-state index in [1.165, 1.54) is 5.39 Å². The summed E-state index contributed by atoms with van der Waals surface area (Å²) in [5, 5.41) is 6.65. The zero-order valence-electron chi connectivity index (χ0n) is 22.3. The number of hydrogen-bond acceptors (Lipinski definition) is 5. The standard InChI is InChI=1S/C37H21N3O2/c1-2-8-22(9-3-1)35-38-36(25-14-16-28-27-12-6-7-13-31(27)41-32(28)20-25)40-37(39-35)26-15-17-29-30-18-23-10-4-5-11-24(23)19-34(30)42-33(29)21-26/h1-21H. The van der Waals surface area contributed by atoms with E-state index < -0.39 is 0 Å². The Morgan fingerprint density at radius 3 is 1.55 bits per heavy atom. The van der Waals surface area contributed by atoms with Crippen LogP contribution in [-0.2, 0) is 0 Å². The molecule has 0 bridgehead atoms. The Labute approximate surface area is 239 Å². The van der Waals surface area contributed by atoms with E-state index in [0.717, 1.165) is 66.0 Å². The van der Waals surface area contributed by atoms with E-state index in [4.69, 9.17) is 23.8 Å². The zero-order chi connectivity index (χ0) is 27.6. The van der Waals surface area contributed by atoms with Crippen molar-refractivity contribution in [3.63, 3.8) is 0 Å². The molecule has 5 heteroatoms. The quantitative estimate of drug-likeness (QED) is 0.224. The van der Waals surface area contributed by atoms with Crippen LogP contribution in [0, 0.1) is 0 Å². The largest absolute Gasteiger partial charge is 0.456 e. The maximum Gasteiger partial charge on any atom is 0.164 e. The van der Waals surface area contributed by atoms with Crippen molar-refractivity contribution in [2.24, 2.45) is 0 Å². The Balaban J connectivity index is 1.23. The molecule has 5 nitrogen and oxygen atoms in total. The highest BCUT2D eigenvalue weighted by Gasteiger charge is 2.16. The van der Waals surface area contributed by atoms with Gasteiger partial charge in [0.05, 0.1) is 0 Å². The van der Waals surface area contributed by atoms with E-state index >= 15 is 0 Å². The molecule has 3 aromatic heterocycles. The fourth-order valence-corrected chi connectivity index (χ4v) is 5.82. The van der Waals surface area contributed by atoms with Gasteiger partial charge in [-0.25, -0.2) is 15.0 Å². The third kappa shape index (κ3) is 3.61. The van der Waals surface area contributed by atoms with Crippen LogP contribution in [0.15, 0.2) is 136 Å². The predicted octanol–water partition coefficient (Wildman–Crippen LogP) is 9.82. The van der Waals surface area contributed by atoms with Gasteiger partial charge in [0.25, 0.3) is 0 Å². The predicted molar refractivity (Wildman–Crippen MR) is 168 cm³/mol. The molecule has 0 atom stereocenters. The summed E-state index contributed by atoms with van der Waals surface area (Å²) in [5.74, 6) is 1.77. The van der Waals surface area contributed by atoms with Gasteiger partial charge in [-0.3, -0.25) is 0 Å². The molecular weight excluding hydrogens is 518 g/mol. The summed E-state index contributed by atoms with van der Waals surface area (Å²) in [6, 6.07) is 43.0. The fraction of sp³-hybridized carbons (Fsp3) is 0. The Morgan fingerprint density at radius 1 is 0.333 bits per heavy atom. The van der Waals surface area contributed by atoms with Crippen molar-refractivity contribution in [1.82, 2.24) is 15.0 Å². The van der Waals surface area contributed by atoms with E-state index in [2.05, 4.69) is 54.6 Å². The highest BCUT2D eigenvalue weighted by molar-refractivity contribution is 6.10. The van der Waals surface area contributed by atoms with Crippen LogP contribution in [0.3, 0.4) is 0 Å². The highest BCUT2D eigenvalue weighted by Crippen LogP contribution is 2.36. The number of para-hydroxylation sites is 1. The van der Waals surface area contributed by atoms with Gasteiger partial charge in [-0.15, -0.1) is 0 Å². The molecule has 0 unspecified atom stereocenters. The number of nitrogens with zero attached hydrogens (tertiary/aromatic N) is 3. The second-order valence-corrected chi connectivity index (χ2v) is 10.5. The molecule has 6 aromatic carbocycles. The van der Waals surface area contributed by atoms with E-state index in [1.54, 1.807) is 0 Å². The van der Waals surface area contributed by atoms with Crippen molar-refractivity contribution in [3.05, 3.63) is 127 Å². The van der Waals surface area contributed by atoms with Crippen molar-refractivity contribution < 1.29 is 8.83 Å². The van der Waals surface area contributed by atoms with Crippen LogP contribution in [0.2, 0.25) is 0 Å². The molecular formula is C37H21N3O2. The van der Waals surface area contributed by atoms with Crippen LogP contribution in [0.5, 0.6) is 0 Å². The normalized spacial score (nSPS) is 11.8. The van der Waals surface area contributed by atoms with Gasteiger partial charge in [0.2, 0.25) is 0 Å². The molecule has 42 heavy (non-hydrogen) atoms. The van der Waals surface area contributed by atoms with Gasteiger partial charge in [0.1, 0.15) is 22.3 Å². The first-order valence-corrected chi connectivity index (χ1v) is 13.9. The van der Waals surface area contributed by atoms with Crippen molar-refractivity contribution in [2.75, 3.05) is 0 Å². The van der Waals surface area contributed by atoms with Crippen molar-refractivity contribution in [2.45, 2.75) is 0 Å². The van der Waals surface area contributed by atoms with E-state index in [0.29, 0.717) is 17.5 Å². The Kier molecular flexibility index (Phi) is 4.83. The lowest BCUT2D eigenvalue weighted by molar-refractivity contribution is 0.669. The highest BCUT2D eigenvalue weighted by atomic mass is 16.3. The molecule has 9 aromatic rings. The molecule has 0 aliphatic carbocycles. The summed E-state index contributed by atoms with van der Waals surface area (Å²) < 4.78 is 12.5. The van der Waals surface area contributed by atoms with Crippen LogP contribution in [0.1, 0.15) is 0 Å². The molecule has 0 aliphatic rings. The molecule has 0 amide bonds. The second kappa shape index (κ2) is 8.85. The summed E-state index contributed by atoms with van der Waals surface area (Å²) in [6.45, 7) is 0. The fourth-order valence-electron chi connectivity index (χ4n) is 5.82. The minimum Gasteiger partial charge on any atom is -0.456 e. The maximum absolute atomic E-state index is 6.35. The minimum absolute atomic E-state index is 0.580. The number of benzene rings is 6. The average Bonchev–Trinajstić information content (AvgIpc) is 3.60. The summed E-state index contributed by atoms with van der Waals surface area (Å²) >= 11 is 0. The molecule has 0 aliphatic heterocycles. The monoisotopic (exact) mass is 539 g/mol. The van der Waals surface area contributed by atoms with Crippen LogP contribution in [0.25, 0.3) is 88.8 Å². The molecule has 0 N–H and O–H groups in total. The third-order valence-corrected chi connectivity index (χ3v) is 7.90. The SMILES string of the molecule is c1ccc(-c2nc(-c3ccc4c(c3)oc3ccccc34)nc(-c3ccc4c(c3)oc3cc5ccccc5cc34)n2)cc1. The van der Waals surface area contributed by atoms with Crippen molar-refractivity contribution in [1.29, 1.82) is 0 Å². The average molecular weight is 540 g/mol. The molecule has 3 heterocycles. The summed E-state index contributed by atoms with van der Waals surface area (Å²) in [7, 11) is 0. The van der Waals surface area contributed by atoms with Crippen LogP contribution < -0.4 is 0 Å². The number of fused-ring (bicyclic) bond motifs is 7. The summed E-state index contributed by atoms with van der Waals surface area (Å²) in [5.41, 5.74) is 5.95.